The van der Waals surface area contributed by atoms with Crippen molar-refractivity contribution >= 4 is 33.8 Å². The van der Waals surface area contributed by atoms with E-state index in [4.69, 9.17) is 11.6 Å². The zero-order valence-electron chi connectivity index (χ0n) is 15.6. The van der Waals surface area contributed by atoms with Crippen LogP contribution < -0.4 is 0 Å². The lowest BCUT2D eigenvalue weighted by Crippen LogP contribution is -1.88. The SMILES string of the molecule is N#Cc1sccc1-c1c(-c2cccc(-c3ccccc3)c2Cl)[nH]c2ccc(F)cc12. The third-order valence-corrected chi connectivity index (χ3v) is 6.38. The average Bonchev–Trinajstić information content (AvgIpc) is 3.38. The fourth-order valence-electron chi connectivity index (χ4n) is 3.80. The smallest absolute Gasteiger partial charge is 0.123 e. The molecule has 30 heavy (non-hydrogen) atoms. The number of nitriles is 1. The molecule has 144 valence electrons. The van der Waals surface area contributed by atoms with E-state index in [0.29, 0.717) is 9.90 Å². The molecule has 0 saturated carbocycles. The molecule has 0 bridgehead atoms. The number of aromatic nitrogens is 1. The van der Waals surface area contributed by atoms with Crippen LogP contribution in [0.3, 0.4) is 0 Å². The number of thiophene rings is 1. The maximum Gasteiger partial charge on any atom is 0.123 e. The first-order valence-corrected chi connectivity index (χ1v) is 10.6. The van der Waals surface area contributed by atoms with Gasteiger partial charge in [0, 0.05) is 33.2 Å². The lowest BCUT2D eigenvalue weighted by Gasteiger charge is -2.11. The zero-order valence-corrected chi connectivity index (χ0v) is 17.2. The quantitative estimate of drug-likeness (QED) is 0.311. The first-order chi connectivity index (χ1) is 14.7. The van der Waals surface area contributed by atoms with E-state index in [-0.39, 0.29) is 5.82 Å². The van der Waals surface area contributed by atoms with Crippen LogP contribution in [-0.2, 0) is 0 Å². The maximum atomic E-state index is 14.1. The first-order valence-electron chi connectivity index (χ1n) is 9.31. The molecule has 0 radical (unpaired) electrons. The fraction of sp³-hybridized carbons (Fsp3) is 0. The summed E-state index contributed by atoms with van der Waals surface area (Å²) in [5.74, 6) is -0.327. The highest BCUT2D eigenvalue weighted by atomic mass is 35.5. The highest BCUT2D eigenvalue weighted by molar-refractivity contribution is 7.11. The van der Waals surface area contributed by atoms with Gasteiger partial charge in [-0.05, 0) is 35.2 Å². The summed E-state index contributed by atoms with van der Waals surface area (Å²) >= 11 is 8.25. The molecule has 0 aliphatic rings. The topological polar surface area (TPSA) is 39.6 Å². The van der Waals surface area contributed by atoms with Crippen LogP contribution in [-0.4, -0.2) is 4.98 Å². The number of fused-ring (bicyclic) bond motifs is 1. The summed E-state index contributed by atoms with van der Waals surface area (Å²) in [6.07, 6.45) is 0. The molecule has 2 aromatic heterocycles. The summed E-state index contributed by atoms with van der Waals surface area (Å²) < 4.78 is 14.1. The van der Waals surface area contributed by atoms with E-state index >= 15 is 0 Å². The van der Waals surface area contributed by atoms with Gasteiger partial charge in [0.25, 0.3) is 0 Å². The molecule has 0 aliphatic heterocycles. The Balaban J connectivity index is 1.83. The number of hydrogen-bond donors (Lipinski definition) is 1. The van der Waals surface area contributed by atoms with E-state index in [1.54, 1.807) is 6.07 Å². The van der Waals surface area contributed by atoms with Crippen LogP contribution in [0.2, 0.25) is 5.02 Å². The van der Waals surface area contributed by atoms with E-state index in [2.05, 4.69) is 11.1 Å². The highest BCUT2D eigenvalue weighted by Gasteiger charge is 2.21. The van der Waals surface area contributed by atoms with E-state index in [1.807, 2.05) is 60.0 Å². The van der Waals surface area contributed by atoms with Gasteiger partial charge in [0.15, 0.2) is 0 Å². The van der Waals surface area contributed by atoms with Crippen molar-refractivity contribution < 1.29 is 4.39 Å². The van der Waals surface area contributed by atoms with Crippen molar-refractivity contribution in [3.63, 3.8) is 0 Å². The van der Waals surface area contributed by atoms with Gasteiger partial charge in [-0.15, -0.1) is 11.3 Å². The number of halogens is 2. The Labute approximate surface area is 181 Å². The normalized spacial score (nSPS) is 11.0. The molecule has 0 unspecified atom stereocenters. The third kappa shape index (κ3) is 3.00. The molecule has 2 nitrogen and oxygen atoms in total. The first kappa shape index (κ1) is 18.6. The van der Waals surface area contributed by atoms with Gasteiger partial charge in [0.1, 0.15) is 16.8 Å². The lowest BCUT2D eigenvalue weighted by molar-refractivity contribution is 0.630. The number of aromatic amines is 1. The number of nitrogens with zero attached hydrogens (tertiary/aromatic N) is 1. The monoisotopic (exact) mass is 428 g/mol. The van der Waals surface area contributed by atoms with Crippen molar-refractivity contribution in [3.05, 3.63) is 93.9 Å². The summed E-state index contributed by atoms with van der Waals surface area (Å²) in [4.78, 5) is 3.99. The Morgan fingerprint density at radius 3 is 2.50 bits per heavy atom. The number of benzene rings is 3. The molecular weight excluding hydrogens is 415 g/mol. The molecule has 0 fully saturated rings. The second-order valence-electron chi connectivity index (χ2n) is 6.87. The second kappa shape index (κ2) is 7.46. The van der Waals surface area contributed by atoms with E-state index in [9.17, 15) is 9.65 Å². The molecular formula is C25H14ClFN2S. The molecule has 2 heterocycles. The van der Waals surface area contributed by atoms with Gasteiger partial charge in [-0.1, -0.05) is 60.1 Å². The van der Waals surface area contributed by atoms with Gasteiger partial charge < -0.3 is 4.98 Å². The summed E-state index contributed by atoms with van der Waals surface area (Å²) in [5, 5.41) is 12.8. The van der Waals surface area contributed by atoms with E-state index in [1.165, 1.54) is 23.5 Å². The molecule has 0 saturated heterocycles. The van der Waals surface area contributed by atoms with Crippen molar-refractivity contribution in [2.75, 3.05) is 0 Å². The lowest BCUT2D eigenvalue weighted by atomic mass is 9.96. The molecule has 0 amide bonds. The number of nitrogens with one attached hydrogen (secondary N) is 1. The standard InChI is InChI=1S/C25H14ClFN2S/c26-24-17(15-5-2-1-3-6-15)7-4-8-19(24)25-23(18-11-12-30-22(18)14-28)20-13-16(27)9-10-21(20)29-25/h1-13,29H. The molecule has 5 heteroatoms. The fourth-order valence-corrected chi connectivity index (χ4v) is 4.82. The largest absolute Gasteiger partial charge is 0.354 e. The van der Waals surface area contributed by atoms with Crippen LogP contribution in [0.4, 0.5) is 4.39 Å². The Morgan fingerprint density at radius 2 is 1.70 bits per heavy atom. The highest BCUT2D eigenvalue weighted by Crippen LogP contribution is 2.45. The molecule has 0 spiro atoms. The van der Waals surface area contributed by atoms with Crippen molar-refractivity contribution in [2.24, 2.45) is 0 Å². The third-order valence-electron chi connectivity index (χ3n) is 5.15. The summed E-state index contributed by atoms with van der Waals surface area (Å²) in [6.45, 7) is 0. The predicted octanol–water partition coefficient (Wildman–Crippen LogP) is 7.89. The molecule has 1 N–H and O–H groups in total. The molecule has 0 atom stereocenters. The van der Waals surface area contributed by atoms with Gasteiger partial charge >= 0.3 is 0 Å². The number of H-pyrrole nitrogens is 1. The molecule has 3 aromatic carbocycles. The average molecular weight is 429 g/mol. The molecule has 5 aromatic rings. The Hall–Kier alpha value is -3.39. The Morgan fingerprint density at radius 1 is 0.900 bits per heavy atom. The summed E-state index contributed by atoms with van der Waals surface area (Å²) in [6, 6.07) is 24.6. The Kier molecular flexibility index (Phi) is 4.63. The minimum Gasteiger partial charge on any atom is -0.354 e. The van der Waals surface area contributed by atoms with Crippen LogP contribution in [0, 0.1) is 17.1 Å². The minimum atomic E-state index is -0.327. The molecule has 0 aliphatic carbocycles. The second-order valence-corrected chi connectivity index (χ2v) is 8.17. The summed E-state index contributed by atoms with van der Waals surface area (Å²) in [5.41, 5.74) is 5.85. The van der Waals surface area contributed by atoms with Gasteiger partial charge in [-0.2, -0.15) is 5.26 Å². The van der Waals surface area contributed by atoms with Crippen molar-refractivity contribution in [1.82, 2.24) is 4.98 Å². The van der Waals surface area contributed by atoms with Crippen LogP contribution in [0.25, 0.3) is 44.4 Å². The minimum absolute atomic E-state index is 0.327. The van der Waals surface area contributed by atoms with E-state index in [0.717, 1.165) is 44.4 Å². The van der Waals surface area contributed by atoms with Gasteiger partial charge in [0.05, 0.1) is 10.7 Å². The van der Waals surface area contributed by atoms with Gasteiger partial charge in [-0.3, -0.25) is 0 Å². The summed E-state index contributed by atoms with van der Waals surface area (Å²) in [7, 11) is 0. The maximum absolute atomic E-state index is 14.1. The van der Waals surface area contributed by atoms with Crippen LogP contribution in [0.1, 0.15) is 4.88 Å². The number of rotatable bonds is 3. The zero-order chi connectivity index (χ0) is 20.7. The molecule has 5 rings (SSSR count). The van der Waals surface area contributed by atoms with E-state index < -0.39 is 0 Å². The van der Waals surface area contributed by atoms with Gasteiger partial charge in [0.2, 0.25) is 0 Å². The van der Waals surface area contributed by atoms with Crippen molar-refractivity contribution in [3.8, 4) is 39.6 Å². The Bertz CT molecular complexity index is 1430. The van der Waals surface area contributed by atoms with Gasteiger partial charge in [-0.25, -0.2) is 4.39 Å². The predicted molar refractivity (Wildman–Crippen MR) is 122 cm³/mol. The van der Waals surface area contributed by atoms with Crippen LogP contribution >= 0.6 is 22.9 Å². The van der Waals surface area contributed by atoms with Crippen molar-refractivity contribution in [2.45, 2.75) is 0 Å². The number of hydrogen-bond acceptors (Lipinski definition) is 2. The van der Waals surface area contributed by atoms with Crippen LogP contribution in [0.15, 0.2) is 78.2 Å². The van der Waals surface area contributed by atoms with Crippen LogP contribution in [0.5, 0.6) is 0 Å². The van der Waals surface area contributed by atoms with Crippen molar-refractivity contribution in [1.29, 1.82) is 5.26 Å².